The van der Waals surface area contributed by atoms with Crippen molar-refractivity contribution in [2.24, 2.45) is 0 Å². The predicted octanol–water partition coefficient (Wildman–Crippen LogP) is 0.396. The summed E-state index contributed by atoms with van der Waals surface area (Å²) in [5, 5.41) is 14.0. The third kappa shape index (κ3) is 1.76. The monoisotopic (exact) mass is 158 g/mol. The van der Waals surface area contributed by atoms with Crippen molar-refractivity contribution in [3.63, 3.8) is 0 Å². The van der Waals surface area contributed by atoms with Gasteiger partial charge in [0.25, 0.3) is 0 Å². The van der Waals surface area contributed by atoms with Crippen molar-refractivity contribution in [1.82, 2.24) is 10.3 Å². The largest absolute Gasteiger partial charge is 0.385 e. The summed E-state index contributed by atoms with van der Waals surface area (Å²) >= 11 is 1.49. The average Bonchev–Trinajstić information content (AvgIpc) is 2.38. The van der Waals surface area contributed by atoms with Crippen molar-refractivity contribution >= 4 is 11.3 Å². The fraction of sp³-hybridized carbons (Fsp3) is 0.500. The van der Waals surface area contributed by atoms with Crippen molar-refractivity contribution in [3.05, 3.63) is 16.6 Å². The molecule has 2 N–H and O–H groups in total. The Morgan fingerprint density at radius 1 is 1.90 bits per heavy atom. The molecule has 0 saturated carbocycles. The van der Waals surface area contributed by atoms with Crippen molar-refractivity contribution in [1.29, 1.82) is 0 Å². The minimum atomic E-state index is -0.462. The van der Waals surface area contributed by atoms with Gasteiger partial charge >= 0.3 is 0 Å². The number of rotatable bonds is 3. The van der Waals surface area contributed by atoms with Crippen LogP contribution in [0.2, 0.25) is 0 Å². The lowest BCUT2D eigenvalue weighted by Crippen LogP contribution is -2.16. The molecule has 0 saturated heterocycles. The summed E-state index contributed by atoms with van der Waals surface area (Å²) in [4.78, 5) is 3.96. The maximum atomic E-state index is 9.29. The molecule has 10 heavy (non-hydrogen) atoms. The zero-order valence-corrected chi connectivity index (χ0v) is 6.56. The molecule has 0 aliphatic carbocycles. The van der Waals surface area contributed by atoms with Gasteiger partial charge in [-0.2, -0.15) is 0 Å². The number of nitrogens with one attached hydrogen (secondary N) is 1. The molecule has 3 nitrogen and oxygen atoms in total. The average molecular weight is 158 g/mol. The highest BCUT2D eigenvalue weighted by Gasteiger charge is 2.06. The van der Waals surface area contributed by atoms with E-state index in [1.54, 1.807) is 12.6 Å². The van der Waals surface area contributed by atoms with Crippen LogP contribution >= 0.6 is 11.3 Å². The molecule has 56 valence electrons. The molecule has 1 atom stereocenters. The SMILES string of the molecule is CNCC(O)c1cscn1. The number of aromatic nitrogens is 1. The van der Waals surface area contributed by atoms with E-state index in [9.17, 15) is 5.11 Å². The van der Waals surface area contributed by atoms with E-state index in [2.05, 4.69) is 10.3 Å². The Kier molecular flexibility index (Phi) is 2.80. The first kappa shape index (κ1) is 7.65. The van der Waals surface area contributed by atoms with Gasteiger partial charge in [0.2, 0.25) is 0 Å². The first-order valence-electron chi connectivity index (χ1n) is 3.05. The summed E-state index contributed by atoms with van der Waals surface area (Å²) in [6.07, 6.45) is -0.462. The molecule has 0 amide bonds. The maximum Gasteiger partial charge on any atom is 0.109 e. The van der Waals surface area contributed by atoms with Crippen LogP contribution in [0.3, 0.4) is 0 Å². The molecule has 1 aromatic rings. The third-order valence-corrected chi connectivity index (χ3v) is 1.80. The smallest absolute Gasteiger partial charge is 0.109 e. The van der Waals surface area contributed by atoms with Crippen LogP contribution in [0, 0.1) is 0 Å². The Morgan fingerprint density at radius 3 is 3.20 bits per heavy atom. The molecular weight excluding hydrogens is 148 g/mol. The van der Waals surface area contributed by atoms with E-state index in [0.29, 0.717) is 6.54 Å². The lowest BCUT2D eigenvalue weighted by atomic mass is 10.3. The minimum absolute atomic E-state index is 0.462. The number of aliphatic hydroxyl groups excluding tert-OH is 1. The topological polar surface area (TPSA) is 45.1 Å². The molecular formula is C6H10N2OS. The molecule has 1 unspecified atom stereocenters. The molecule has 0 radical (unpaired) electrons. The van der Waals surface area contributed by atoms with E-state index in [0.717, 1.165) is 5.69 Å². The number of hydrogen-bond acceptors (Lipinski definition) is 4. The first-order valence-corrected chi connectivity index (χ1v) is 3.99. The third-order valence-electron chi connectivity index (χ3n) is 1.19. The lowest BCUT2D eigenvalue weighted by molar-refractivity contribution is 0.174. The van der Waals surface area contributed by atoms with Gasteiger partial charge < -0.3 is 10.4 Å². The summed E-state index contributed by atoms with van der Waals surface area (Å²) in [5.41, 5.74) is 2.47. The zero-order valence-electron chi connectivity index (χ0n) is 5.74. The second-order valence-electron chi connectivity index (χ2n) is 1.99. The van der Waals surface area contributed by atoms with Crippen LogP contribution in [0.15, 0.2) is 10.9 Å². The Hall–Kier alpha value is -0.450. The highest BCUT2D eigenvalue weighted by Crippen LogP contribution is 2.10. The van der Waals surface area contributed by atoms with E-state index < -0.39 is 6.10 Å². The minimum Gasteiger partial charge on any atom is -0.385 e. The van der Waals surface area contributed by atoms with Gasteiger partial charge in [0.15, 0.2) is 0 Å². The normalized spacial score (nSPS) is 13.4. The number of aliphatic hydroxyl groups is 1. The van der Waals surface area contributed by atoms with Crippen LogP contribution in [0.25, 0.3) is 0 Å². The number of thiazole rings is 1. The molecule has 0 bridgehead atoms. The second kappa shape index (κ2) is 3.65. The van der Waals surface area contributed by atoms with Gasteiger partial charge in [0.05, 0.1) is 11.2 Å². The second-order valence-corrected chi connectivity index (χ2v) is 2.71. The van der Waals surface area contributed by atoms with E-state index in [1.807, 2.05) is 5.38 Å². The predicted molar refractivity (Wildman–Crippen MR) is 41.0 cm³/mol. The van der Waals surface area contributed by atoms with Gasteiger partial charge in [-0.05, 0) is 7.05 Å². The van der Waals surface area contributed by atoms with Crippen LogP contribution in [-0.2, 0) is 0 Å². The molecule has 1 rings (SSSR count). The summed E-state index contributed by atoms with van der Waals surface area (Å²) in [6.45, 7) is 0.559. The molecule has 0 aromatic carbocycles. The summed E-state index contributed by atoms with van der Waals surface area (Å²) in [7, 11) is 1.80. The van der Waals surface area contributed by atoms with Gasteiger partial charge in [-0.1, -0.05) is 0 Å². The first-order chi connectivity index (χ1) is 4.84. The molecule has 0 aliphatic rings. The van der Waals surface area contributed by atoms with Crippen molar-refractivity contribution in [3.8, 4) is 0 Å². The molecule has 0 aliphatic heterocycles. The van der Waals surface area contributed by atoms with Crippen LogP contribution in [0.5, 0.6) is 0 Å². The highest BCUT2D eigenvalue weighted by atomic mass is 32.1. The van der Waals surface area contributed by atoms with Crippen LogP contribution < -0.4 is 5.32 Å². The van der Waals surface area contributed by atoms with Gasteiger partial charge in [-0.3, -0.25) is 0 Å². The molecule has 1 aromatic heterocycles. The Morgan fingerprint density at radius 2 is 2.70 bits per heavy atom. The van der Waals surface area contributed by atoms with Crippen LogP contribution in [-0.4, -0.2) is 23.7 Å². The summed E-state index contributed by atoms with van der Waals surface area (Å²) in [6, 6.07) is 0. The van der Waals surface area contributed by atoms with Gasteiger partial charge in [0, 0.05) is 11.9 Å². The standard InChI is InChI=1S/C6H10N2OS/c1-7-2-6(9)5-3-10-4-8-5/h3-4,6-7,9H,2H2,1H3. The molecule has 0 spiro atoms. The van der Waals surface area contributed by atoms with Crippen LogP contribution in [0.4, 0.5) is 0 Å². The molecule has 4 heteroatoms. The zero-order chi connectivity index (χ0) is 7.40. The number of likely N-dealkylation sites (N-methyl/N-ethyl adjacent to an activating group) is 1. The number of hydrogen-bond donors (Lipinski definition) is 2. The van der Waals surface area contributed by atoms with E-state index in [-0.39, 0.29) is 0 Å². The fourth-order valence-corrected chi connectivity index (χ4v) is 1.29. The number of nitrogens with zero attached hydrogens (tertiary/aromatic N) is 1. The summed E-state index contributed by atoms with van der Waals surface area (Å²) in [5.74, 6) is 0. The summed E-state index contributed by atoms with van der Waals surface area (Å²) < 4.78 is 0. The Labute approximate surface area is 63.7 Å². The lowest BCUT2D eigenvalue weighted by Gasteiger charge is -2.04. The maximum absolute atomic E-state index is 9.29. The molecule has 0 fully saturated rings. The van der Waals surface area contributed by atoms with E-state index >= 15 is 0 Å². The van der Waals surface area contributed by atoms with E-state index in [4.69, 9.17) is 0 Å². The highest BCUT2D eigenvalue weighted by molar-refractivity contribution is 7.07. The van der Waals surface area contributed by atoms with Gasteiger partial charge in [-0.15, -0.1) is 11.3 Å². The van der Waals surface area contributed by atoms with Crippen molar-refractivity contribution in [2.45, 2.75) is 6.10 Å². The van der Waals surface area contributed by atoms with Crippen molar-refractivity contribution < 1.29 is 5.11 Å². The van der Waals surface area contributed by atoms with Crippen molar-refractivity contribution in [2.75, 3.05) is 13.6 Å². The molecule has 1 heterocycles. The Bertz CT molecular complexity index is 176. The van der Waals surface area contributed by atoms with E-state index in [1.165, 1.54) is 11.3 Å². The van der Waals surface area contributed by atoms with Crippen LogP contribution in [0.1, 0.15) is 11.8 Å². The Balaban J connectivity index is 2.50. The van der Waals surface area contributed by atoms with Gasteiger partial charge in [0.1, 0.15) is 6.10 Å². The fourth-order valence-electron chi connectivity index (χ4n) is 0.684. The van der Waals surface area contributed by atoms with Gasteiger partial charge in [-0.25, -0.2) is 4.98 Å². The quantitative estimate of drug-likeness (QED) is 0.669.